The molecule has 3 nitrogen and oxygen atoms in total. The Hall–Kier alpha value is -1.18. The Kier molecular flexibility index (Phi) is 7.22. The standard InChI is InChI=1S/C24H31IO3Si/c1-18(26)27-16-19-15-23(25)22(19)17-28-29(24(2,3)4,20-11-7-5-8-12-20)21-13-9-6-10-14-21/h5-14,19,22-23H,15-17H2,1-4H3/t19-,22-,23?/m1/s1. The lowest BCUT2D eigenvalue weighted by Gasteiger charge is -2.47. The molecule has 0 N–H and O–H groups in total. The number of benzene rings is 2. The highest BCUT2D eigenvalue weighted by molar-refractivity contribution is 14.1. The van der Waals surface area contributed by atoms with Crippen molar-refractivity contribution in [1.82, 2.24) is 0 Å². The van der Waals surface area contributed by atoms with Gasteiger partial charge >= 0.3 is 5.97 Å². The predicted molar refractivity (Wildman–Crippen MR) is 130 cm³/mol. The molecule has 1 aliphatic carbocycles. The predicted octanol–water partition coefficient (Wildman–Crippen LogP) is 4.57. The molecule has 1 aliphatic rings. The zero-order valence-corrected chi connectivity index (χ0v) is 20.9. The van der Waals surface area contributed by atoms with Gasteiger partial charge in [-0.1, -0.05) is 104 Å². The number of hydrogen-bond donors (Lipinski definition) is 0. The molecular formula is C24H31IO3Si. The highest BCUT2D eigenvalue weighted by Gasteiger charge is 2.51. The lowest BCUT2D eigenvalue weighted by Crippen LogP contribution is -2.67. The molecule has 0 radical (unpaired) electrons. The summed E-state index contributed by atoms with van der Waals surface area (Å²) in [5.74, 6) is 0.601. The van der Waals surface area contributed by atoms with E-state index in [4.69, 9.17) is 9.16 Å². The van der Waals surface area contributed by atoms with Gasteiger partial charge in [-0.15, -0.1) is 0 Å². The fourth-order valence-electron chi connectivity index (χ4n) is 4.38. The summed E-state index contributed by atoms with van der Waals surface area (Å²) in [5.41, 5.74) is 0. The van der Waals surface area contributed by atoms with Gasteiger partial charge in [-0.05, 0) is 27.8 Å². The molecule has 0 bridgehead atoms. The summed E-state index contributed by atoms with van der Waals surface area (Å²) in [6.45, 7) is 9.60. The van der Waals surface area contributed by atoms with Crippen LogP contribution in [0.25, 0.3) is 0 Å². The summed E-state index contributed by atoms with van der Waals surface area (Å²) in [6, 6.07) is 21.5. The molecule has 0 spiro atoms. The Bertz CT molecular complexity index is 764. The summed E-state index contributed by atoms with van der Waals surface area (Å²) < 4.78 is 12.9. The van der Waals surface area contributed by atoms with Gasteiger partial charge in [0.1, 0.15) is 0 Å². The maximum absolute atomic E-state index is 11.2. The molecule has 156 valence electrons. The minimum atomic E-state index is -2.51. The summed E-state index contributed by atoms with van der Waals surface area (Å²) in [6.07, 6.45) is 1.09. The van der Waals surface area contributed by atoms with Gasteiger partial charge in [0.25, 0.3) is 8.32 Å². The van der Waals surface area contributed by atoms with Crippen molar-refractivity contribution in [2.24, 2.45) is 11.8 Å². The van der Waals surface area contributed by atoms with Crippen molar-refractivity contribution in [2.75, 3.05) is 13.2 Å². The molecule has 0 heterocycles. The van der Waals surface area contributed by atoms with Crippen LogP contribution in [0.2, 0.25) is 5.04 Å². The molecule has 5 heteroatoms. The zero-order chi connectivity index (χ0) is 21.1. The third-order valence-corrected chi connectivity index (χ3v) is 12.4. The second-order valence-electron chi connectivity index (χ2n) is 8.95. The average Bonchev–Trinajstić information content (AvgIpc) is 2.68. The van der Waals surface area contributed by atoms with Crippen LogP contribution in [-0.4, -0.2) is 31.4 Å². The van der Waals surface area contributed by atoms with Crippen molar-refractivity contribution in [3.8, 4) is 0 Å². The minimum absolute atomic E-state index is 0.0222. The maximum Gasteiger partial charge on any atom is 0.302 e. The third kappa shape index (κ3) is 4.77. The number of hydrogen-bond acceptors (Lipinski definition) is 3. The normalized spacial score (nSPS) is 22.0. The van der Waals surface area contributed by atoms with Gasteiger partial charge in [0, 0.05) is 23.4 Å². The number of rotatable bonds is 7. The molecule has 3 rings (SSSR count). The minimum Gasteiger partial charge on any atom is -0.466 e. The molecule has 2 aromatic carbocycles. The smallest absolute Gasteiger partial charge is 0.302 e. The van der Waals surface area contributed by atoms with Crippen molar-refractivity contribution in [1.29, 1.82) is 0 Å². The lowest BCUT2D eigenvalue weighted by atomic mass is 9.74. The molecule has 1 fully saturated rings. The van der Waals surface area contributed by atoms with Crippen LogP contribution in [0.4, 0.5) is 0 Å². The van der Waals surface area contributed by atoms with Gasteiger partial charge in [-0.3, -0.25) is 4.79 Å². The van der Waals surface area contributed by atoms with E-state index in [0.717, 1.165) is 6.42 Å². The topological polar surface area (TPSA) is 35.5 Å². The first-order valence-electron chi connectivity index (χ1n) is 10.3. The number of carbonyl (C=O) groups excluding carboxylic acids is 1. The van der Waals surface area contributed by atoms with E-state index >= 15 is 0 Å². The molecule has 29 heavy (non-hydrogen) atoms. The van der Waals surface area contributed by atoms with Crippen molar-refractivity contribution in [2.45, 2.75) is 43.1 Å². The van der Waals surface area contributed by atoms with E-state index in [1.54, 1.807) is 0 Å². The number of esters is 1. The molecule has 1 saturated carbocycles. The lowest BCUT2D eigenvalue weighted by molar-refractivity contribution is -0.144. The first-order chi connectivity index (χ1) is 13.8. The van der Waals surface area contributed by atoms with E-state index in [9.17, 15) is 4.79 Å². The summed E-state index contributed by atoms with van der Waals surface area (Å²) >= 11 is 2.52. The van der Waals surface area contributed by atoms with Gasteiger partial charge in [-0.25, -0.2) is 0 Å². The number of alkyl halides is 1. The van der Waals surface area contributed by atoms with Crippen LogP contribution in [0.3, 0.4) is 0 Å². The Balaban J connectivity index is 1.93. The monoisotopic (exact) mass is 522 g/mol. The van der Waals surface area contributed by atoms with E-state index in [1.807, 2.05) is 0 Å². The molecule has 0 amide bonds. The van der Waals surface area contributed by atoms with Crippen LogP contribution in [-0.2, 0) is 14.0 Å². The zero-order valence-electron chi connectivity index (χ0n) is 17.7. The molecule has 0 saturated heterocycles. The first kappa shape index (κ1) is 22.5. The second kappa shape index (κ2) is 9.31. The first-order valence-corrected chi connectivity index (χ1v) is 13.4. The van der Waals surface area contributed by atoms with Crippen LogP contribution in [0.15, 0.2) is 60.7 Å². The molecule has 0 aromatic heterocycles. The molecule has 3 atom stereocenters. The van der Waals surface area contributed by atoms with Crippen LogP contribution in [0.1, 0.15) is 34.1 Å². The summed E-state index contributed by atoms with van der Waals surface area (Å²) in [7, 11) is -2.51. The van der Waals surface area contributed by atoms with E-state index in [-0.39, 0.29) is 11.0 Å². The van der Waals surface area contributed by atoms with Gasteiger partial charge in [0.05, 0.1) is 6.61 Å². The van der Waals surface area contributed by atoms with Crippen LogP contribution >= 0.6 is 22.6 Å². The molecule has 2 aromatic rings. The Morgan fingerprint density at radius 1 is 1.00 bits per heavy atom. The van der Waals surface area contributed by atoms with E-state index in [0.29, 0.717) is 29.0 Å². The fourth-order valence-corrected chi connectivity index (χ4v) is 10.4. The van der Waals surface area contributed by atoms with Crippen LogP contribution in [0.5, 0.6) is 0 Å². The largest absolute Gasteiger partial charge is 0.466 e. The summed E-state index contributed by atoms with van der Waals surface area (Å²) in [5, 5.41) is 2.59. The van der Waals surface area contributed by atoms with E-state index < -0.39 is 8.32 Å². The third-order valence-electron chi connectivity index (χ3n) is 6.01. The molecule has 1 unspecified atom stereocenters. The highest BCUT2D eigenvalue weighted by Crippen LogP contribution is 2.43. The van der Waals surface area contributed by atoms with Crippen LogP contribution in [0, 0.1) is 11.8 Å². The Morgan fingerprint density at radius 2 is 1.52 bits per heavy atom. The van der Waals surface area contributed by atoms with Gasteiger partial charge in [0.15, 0.2) is 0 Å². The molecule has 0 aliphatic heterocycles. The van der Waals surface area contributed by atoms with Crippen molar-refractivity contribution >= 4 is 47.3 Å². The van der Waals surface area contributed by atoms with Crippen LogP contribution < -0.4 is 10.4 Å². The van der Waals surface area contributed by atoms with Gasteiger partial charge < -0.3 is 9.16 Å². The Labute approximate surface area is 189 Å². The van der Waals surface area contributed by atoms with E-state index in [1.165, 1.54) is 17.3 Å². The van der Waals surface area contributed by atoms with Crippen molar-refractivity contribution < 1.29 is 14.0 Å². The summed E-state index contributed by atoms with van der Waals surface area (Å²) in [4.78, 5) is 11.2. The second-order valence-corrected chi connectivity index (χ2v) is 14.9. The highest BCUT2D eigenvalue weighted by atomic mass is 127. The maximum atomic E-state index is 11.2. The SMILES string of the molecule is CC(=O)OC[C@H]1CC(I)[C@@H]1CO[Si](c1ccccc1)(c1ccccc1)C(C)(C)C. The molecular weight excluding hydrogens is 491 g/mol. The van der Waals surface area contributed by atoms with Crippen molar-refractivity contribution in [3.63, 3.8) is 0 Å². The quantitative estimate of drug-likeness (QED) is 0.232. The Morgan fingerprint density at radius 3 is 1.93 bits per heavy atom. The average molecular weight is 522 g/mol. The fraction of sp³-hybridized carbons (Fsp3) is 0.458. The number of carbonyl (C=O) groups is 1. The number of halogens is 1. The van der Waals surface area contributed by atoms with E-state index in [2.05, 4.69) is 104 Å². The van der Waals surface area contributed by atoms with Gasteiger partial charge in [-0.2, -0.15) is 0 Å². The number of ether oxygens (including phenoxy) is 1. The van der Waals surface area contributed by atoms with Crippen molar-refractivity contribution in [3.05, 3.63) is 60.7 Å². The van der Waals surface area contributed by atoms with Gasteiger partial charge in [0.2, 0.25) is 0 Å².